The van der Waals surface area contributed by atoms with Crippen molar-refractivity contribution in [3.8, 4) is 10.6 Å². The molecule has 0 aromatic carbocycles. The van der Waals surface area contributed by atoms with Crippen molar-refractivity contribution in [3.05, 3.63) is 34.3 Å². The predicted molar refractivity (Wildman–Crippen MR) is 99.1 cm³/mol. The lowest BCUT2D eigenvalue weighted by Crippen LogP contribution is -2.35. The number of amides is 1. The summed E-state index contributed by atoms with van der Waals surface area (Å²) in [6.45, 7) is 3.75. The topological polar surface area (TPSA) is 102 Å². The molecule has 4 rings (SSSR count). The number of rotatable bonds is 3. The Hall–Kier alpha value is -2.26. The maximum atomic E-state index is 12.9. The van der Waals surface area contributed by atoms with Crippen LogP contribution in [0.2, 0.25) is 0 Å². The molecule has 3 aromatic heterocycles. The fraction of sp³-hybridized carbons (Fsp3) is 0.353. The third-order valence-electron chi connectivity index (χ3n) is 4.42. The van der Waals surface area contributed by atoms with Gasteiger partial charge in [-0.15, -0.1) is 11.3 Å². The summed E-state index contributed by atoms with van der Waals surface area (Å²) in [5, 5.41) is 7.31. The van der Waals surface area contributed by atoms with Gasteiger partial charge in [0.2, 0.25) is 0 Å². The van der Waals surface area contributed by atoms with Gasteiger partial charge in [0.05, 0.1) is 38.7 Å². The molecule has 0 spiro atoms. The number of pyridine rings is 1. The van der Waals surface area contributed by atoms with Gasteiger partial charge in [0.15, 0.2) is 9.84 Å². The zero-order chi connectivity index (χ0) is 18.5. The summed E-state index contributed by atoms with van der Waals surface area (Å²) in [6, 6.07) is 5.28. The smallest absolute Gasteiger partial charge is 0.259 e. The Morgan fingerprint density at radius 3 is 2.81 bits per heavy atom. The van der Waals surface area contributed by atoms with Crippen LogP contribution in [-0.4, -0.2) is 42.0 Å². The summed E-state index contributed by atoms with van der Waals surface area (Å²) in [5.41, 5.74) is 1.91. The van der Waals surface area contributed by atoms with Crippen molar-refractivity contribution >= 4 is 38.2 Å². The standard InChI is InChI=1S/C17H17N3O4S2/c1-9-3-4-14(25-9)13-7-12(15-10(2)20-24-17(15)19-13)16(21)18-11-5-6-26(22,23)8-11/h3-4,7,11H,5-6,8H2,1-2H3,(H,18,21). The van der Waals surface area contributed by atoms with E-state index in [1.54, 1.807) is 24.3 Å². The predicted octanol–water partition coefficient (Wildman–Crippen LogP) is 2.49. The van der Waals surface area contributed by atoms with E-state index in [-0.39, 0.29) is 23.5 Å². The monoisotopic (exact) mass is 391 g/mol. The number of hydrogen-bond acceptors (Lipinski definition) is 7. The van der Waals surface area contributed by atoms with Crippen molar-refractivity contribution in [1.29, 1.82) is 0 Å². The minimum atomic E-state index is -3.07. The van der Waals surface area contributed by atoms with E-state index in [4.69, 9.17) is 4.52 Å². The van der Waals surface area contributed by atoms with E-state index in [2.05, 4.69) is 15.5 Å². The maximum Gasteiger partial charge on any atom is 0.259 e. The number of thiophene rings is 1. The average Bonchev–Trinajstić information content (AvgIpc) is 3.26. The van der Waals surface area contributed by atoms with Gasteiger partial charge in [0.1, 0.15) is 0 Å². The fourth-order valence-electron chi connectivity index (χ4n) is 3.14. The molecule has 9 heteroatoms. The molecule has 136 valence electrons. The quantitative estimate of drug-likeness (QED) is 0.736. The Morgan fingerprint density at radius 1 is 1.35 bits per heavy atom. The van der Waals surface area contributed by atoms with Gasteiger partial charge in [-0.1, -0.05) is 5.16 Å². The second-order valence-electron chi connectivity index (χ2n) is 6.49. The zero-order valence-corrected chi connectivity index (χ0v) is 15.9. The summed E-state index contributed by atoms with van der Waals surface area (Å²) in [6.07, 6.45) is 0.432. The van der Waals surface area contributed by atoms with Crippen molar-refractivity contribution < 1.29 is 17.7 Å². The highest BCUT2D eigenvalue weighted by atomic mass is 32.2. The fourth-order valence-corrected chi connectivity index (χ4v) is 5.65. The Balaban J connectivity index is 1.75. The van der Waals surface area contributed by atoms with Gasteiger partial charge < -0.3 is 9.84 Å². The molecule has 7 nitrogen and oxygen atoms in total. The average molecular weight is 391 g/mol. The van der Waals surface area contributed by atoms with Crippen molar-refractivity contribution in [2.24, 2.45) is 0 Å². The maximum absolute atomic E-state index is 12.9. The molecule has 1 fully saturated rings. The van der Waals surface area contributed by atoms with Crippen LogP contribution in [0.4, 0.5) is 0 Å². The number of aryl methyl sites for hydroxylation is 2. The van der Waals surface area contributed by atoms with Crippen LogP contribution >= 0.6 is 11.3 Å². The lowest BCUT2D eigenvalue weighted by molar-refractivity contribution is 0.0942. The van der Waals surface area contributed by atoms with Gasteiger partial charge >= 0.3 is 0 Å². The highest BCUT2D eigenvalue weighted by Gasteiger charge is 2.30. The van der Waals surface area contributed by atoms with E-state index < -0.39 is 9.84 Å². The van der Waals surface area contributed by atoms with Crippen molar-refractivity contribution in [3.63, 3.8) is 0 Å². The molecule has 4 heterocycles. The third-order valence-corrected chi connectivity index (χ3v) is 7.21. The second kappa shape index (κ2) is 6.17. The van der Waals surface area contributed by atoms with Gasteiger partial charge in [-0.3, -0.25) is 4.79 Å². The second-order valence-corrected chi connectivity index (χ2v) is 10.0. The van der Waals surface area contributed by atoms with E-state index in [0.717, 1.165) is 9.75 Å². The first-order valence-corrected chi connectivity index (χ1v) is 10.8. The molecule has 26 heavy (non-hydrogen) atoms. The lowest BCUT2D eigenvalue weighted by Gasteiger charge is -2.12. The van der Waals surface area contributed by atoms with Crippen LogP contribution in [-0.2, 0) is 9.84 Å². The number of nitrogens with zero attached hydrogens (tertiary/aromatic N) is 2. The van der Waals surface area contributed by atoms with E-state index in [9.17, 15) is 13.2 Å². The molecule has 1 saturated heterocycles. The Morgan fingerprint density at radius 2 is 2.15 bits per heavy atom. The van der Waals surface area contributed by atoms with Gasteiger partial charge in [0.25, 0.3) is 11.6 Å². The van der Waals surface area contributed by atoms with E-state index in [1.807, 2.05) is 19.1 Å². The molecule has 3 aromatic rings. The van der Waals surface area contributed by atoms with Gasteiger partial charge in [0, 0.05) is 10.9 Å². The first-order chi connectivity index (χ1) is 12.3. The largest absolute Gasteiger partial charge is 0.348 e. The molecule has 1 amide bonds. The van der Waals surface area contributed by atoms with Crippen LogP contribution in [0.3, 0.4) is 0 Å². The number of hydrogen-bond donors (Lipinski definition) is 1. The van der Waals surface area contributed by atoms with Crippen LogP contribution in [0, 0.1) is 13.8 Å². The molecule has 1 N–H and O–H groups in total. The van der Waals surface area contributed by atoms with E-state index in [0.29, 0.717) is 34.5 Å². The molecular weight excluding hydrogens is 374 g/mol. The molecule has 0 bridgehead atoms. The summed E-state index contributed by atoms with van der Waals surface area (Å²) < 4.78 is 28.6. The highest BCUT2D eigenvalue weighted by molar-refractivity contribution is 7.91. The molecule has 0 radical (unpaired) electrons. The van der Waals surface area contributed by atoms with E-state index >= 15 is 0 Å². The molecule has 1 unspecified atom stereocenters. The molecular formula is C17H17N3O4S2. The number of sulfone groups is 1. The zero-order valence-electron chi connectivity index (χ0n) is 14.3. The van der Waals surface area contributed by atoms with Crippen LogP contribution in [0.25, 0.3) is 21.7 Å². The molecule has 1 aliphatic rings. The summed E-state index contributed by atoms with van der Waals surface area (Å²) in [4.78, 5) is 19.4. The van der Waals surface area contributed by atoms with E-state index in [1.165, 1.54) is 0 Å². The van der Waals surface area contributed by atoms with Crippen LogP contribution in [0.5, 0.6) is 0 Å². The number of nitrogens with one attached hydrogen (secondary N) is 1. The number of carbonyl (C=O) groups excluding carboxylic acids is 1. The first-order valence-electron chi connectivity index (χ1n) is 8.17. The minimum absolute atomic E-state index is 0.0213. The molecule has 1 aliphatic heterocycles. The highest BCUT2D eigenvalue weighted by Crippen LogP contribution is 2.31. The number of aromatic nitrogens is 2. The SMILES string of the molecule is Cc1ccc(-c2cc(C(=O)NC3CCS(=O)(=O)C3)c3c(C)noc3n2)s1. The van der Waals surface area contributed by atoms with Gasteiger partial charge in [-0.25, -0.2) is 13.4 Å². The molecule has 0 aliphatic carbocycles. The van der Waals surface area contributed by atoms with Crippen LogP contribution < -0.4 is 5.32 Å². The molecule has 0 saturated carbocycles. The minimum Gasteiger partial charge on any atom is -0.348 e. The summed E-state index contributed by atoms with van der Waals surface area (Å²) in [7, 11) is -3.07. The summed E-state index contributed by atoms with van der Waals surface area (Å²) >= 11 is 1.57. The summed E-state index contributed by atoms with van der Waals surface area (Å²) in [5.74, 6) is -0.247. The van der Waals surface area contributed by atoms with Crippen molar-refractivity contribution in [2.75, 3.05) is 11.5 Å². The van der Waals surface area contributed by atoms with Gasteiger partial charge in [-0.05, 0) is 38.5 Å². The van der Waals surface area contributed by atoms with Crippen molar-refractivity contribution in [1.82, 2.24) is 15.5 Å². The van der Waals surface area contributed by atoms with Crippen molar-refractivity contribution in [2.45, 2.75) is 26.3 Å². The number of carbonyl (C=O) groups is 1. The number of fused-ring (bicyclic) bond motifs is 1. The van der Waals surface area contributed by atoms with Crippen LogP contribution in [0.15, 0.2) is 22.7 Å². The first kappa shape index (κ1) is 17.2. The molecule has 1 atom stereocenters. The lowest BCUT2D eigenvalue weighted by atomic mass is 10.1. The Kier molecular flexibility index (Phi) is 4.07. The Bertz CT molecular complexity index is 1110. The third kappa shape index (κ3) is 3.12. The van der Waals surface area contributed by atoms with Gasteiger partial charge in [-0.2, -0.15) is 0 Å². The van der Waals surface area contributed by atoms with Crippen LogP contribution in [0.1, 0.15) is 27.3 Å². The normalized spacial score (nSPS) is 19.1. The Labute approximate surface area is 154 Å².